The minimum Gasteiger partial charge on any atom is -0.473 e. The number of nitrogens with zero attached hydrogens (tertiary/aromatic N) is 1. The molecule has 2 N–H and O–H groups in total. The number of nitrogens with one attached hydrogen (secondary N) is 2. The molecule has 1 aliphatic heterocycles. The van der Waals surface area contributed by atoms with E-state index >= 15 is 0 Å². The largest absolute Gasteiger partial charge is 0.473 e. The Bertz CT molecular complexity index is 971. The van der Waals surface area contributed by atoms with E-state index in [2.05, 4.69) is 10.3 Å². The molecular weight excluding hydrogens is 402 g/mol. The predicted molar refractivity (Wildman–Crippen MR) is 106 cm³/mol. The minimum atomic E-state index is -3.91. The maximum Gasteiger partial charge on any atom is 0.264 e. The lowest BCUT2D eigenvalue weighted by molar-refractivity contribution is -0.117. The third-order valence-corrected chi connectivity index (χ3v) is 6.45. The molecule has 28 heavy (non-hydrogen) atoms. The molecule has 3 rings (SSSR count). The van der Waals surface area contributed by atoms with Gasteiger partial charge in [0.05, 0.1) is 4.90 Å². The number of carbonyl (C=O) groups excluding carboxylic acids is 2. The number of anilines is 1. The van der Waals surface area contributed by atoms with Crippen LogP contribution in [0.15, 0.2) is 47.5 Å². The second kappa shape index (κ2) is 8.61. The fourth-order valence-corrected chi connectivity index (χ4v) is 4.65. The number of hydrogen-bond donors (Lipinski definition) is 2. The molecule has 148 valence electrons. The number of hydrogen-bond acceptors (Lipinski definition) is 7. The first-order valence-electron chi connectivity index (χ1n) is 8.49. The molecule has 1 aliphatic rings. The normalized spacial score (nSPS) is 16.4. The lowest BCUT2D eigenvalue weighted by atomic mass is 10.2. The van der Waals surface area contributed by atoms with Crippen molar-refractivity contribution in [1.82, 2.24) is 9.71 Å². The van der Waals surface area contributed by atoms with Gasteiger partial charge < -0.3 is 10.1 Å². The van der Waals surface area contributed by atoms with E-state index in [9.17, 15) is 18.0 Å². The Morgan fingerprint density at radius 1 is 1.21 bits per heavy atom. The van der Waals surface area contributed by atoms with Crippen LogP contribution in [-0.4, -0.2) is 42.8 Å². The first-order chi connectivity index (χ1) is 13.3. The number of benzene rings is 1. The molecule has 10 heteroatoms. The summed E-state index contributed by atoms with van der Waals surface area (Å²) >= 11 is 1.82. The van der Waals surface area contributed by atoms with Crippen LogP contribution in [0, 0.1) is 0 Å². The maximum atomic E-state index is 12.5. The number of pyridine rings is 1. The summed E-state index contributed by atoms with van der Waals surface area (Å²) in [6.45, 7) is 1.12. The van der Waals surface area contributed by atoms with Crippen LogP contribution in [0.25, 0.3) is 0 Å². The highest BCUT2D eigenvalue weighted by Crippen LogP contribution is 2.22. The number of ether oxygens (including phenoxy) is 1. The molecule has 2 heterocycles. The molecule has 0 spiro atoms. The Labute approximate surface area is 167 Å². The Balaban J connectivity index is 1.67. The molecule has 8 nitrogen and oxygen atoms in total. The van der Waals surface area contributed by atoms with E-state index in [0.29, 0.717) is 17.1 Å². The summed E-state index contributed by atoms with van der Waals surface area (Å²) in [6, 6.07) is 8.65. The van der Waals surface area contributed by atoms with Crippen LogP contribution in [0.5, 0.6) is 5.88 Å². The van der Waals surface area contributed by atoms with Gasteiger partial charge in [0.2, 0.25) is 11.8 Å². The van der Waals surface area contributed by atoms with Gasteiger partial charge in [0, 0.05) is 36.2 Å². The Kier molecular flexibility index (Phi) is 6.20. The second-order valence-corrected chi connectivity index (χ2v) is 8.96. The van der Waals surface area contributed by atoms with E-state index in [1.165, 1.54) is 30.5 Å². The van der Waals surface area contributed by atoms with Crippen molar-refractivity contribution in [3.63, 3.8) is 0 Å². The van der Waals surface area contributed by atoms with Gasteiger partial charge in [-0.2, -0.15) is 11.8 Å². The zero-order valence-electron chi connectivity index (χ0n) is 15.0. The first kappa shape index (κ1) is 20.2. The molecule has 1 saturated heterocycles. The molecule has 1 aromatic carbocycles. The lowest BCUT2D eigenvalue weighted by Gasteiger charge is -2.12. The van der Waals surface area contributed by atoms with Crippen LogP contribution in [0.3, 0.4) is 0 Å². The summed E-state index contributed by atoms with van der Waals surface area (Å²) in [5.41, 5.74) is 0.795. The Morgan fingerprint density at radius 2 is 1.96 bits per heavy atom. The van der Waals surface area contributed by atoms with Crippen LogP contribution >= 0.6 is 11.8 Å². The first-order valence-corrected chi connectivity index (χ1v) is 11.1. The summed E-state index contributed by atoms with van der Waals surface area (Å²) in [4.78, 5) is 27.5. The van der Waals surface area contributed by atoms with Gasteiger partial charge in [-0.15, -0.1) is 0 Å². The van der Waals surface area contributed by atoms with Crippen LogP contribution in [0.2, 0.25) is 0 Å². The van der Waals surface area contributed by atoms with Crippen LogP contribution < -0.4 is 14.8 Å². The number of sulfonamides is 1. The van der Waals surface area contributed by atoms with Gasteiger partial charge in [-0.3, -0.25) is 9.59 Å². The highest BCUT2D eigenvalue weighted by Gasteiger charge is 2.19. The quantitative estimate of drug-likeness (QED) is 0.733. The summed E-state index contributed by atoms with van der Waals surface area (Å²) in [5.74, 6) is 1.32. The van der Waals surface area contributed by atoms with Crippen molar-refractivity contribution in [2.75, 3.05) is 16.8 Å². The lowest BCUT2D eigenvalue weighted by Crippen LogP contribution is -2.28. The average Bonchev–Trinajstić information content (AvgIpc) is 3.14. The molecule has 2 aromatic rings. The van der Waals surface area contributed by atoms with Crippen molar-refractivity contribution in [3.05, 3.63) is 48.2 Å². The van der Waals surface area contributed by atoms with Gasteiger partial charge >= 0.3 is 0 Å². The van der Waals surface area contributed by atoms with Crippen molar-refractivity contribution >= 4 is 39.3 Å². The predicted octanol–water partition coefficient (Wildman–Crippen LogP) is 2.04. The number of amides is 2. The summed E-state index contributed by atoms with van der Waals surface area (Å²) in [6.07, 6.45) is 2.57. The smallest absolute Gasteiger partial charge is 0.264 e. The number of thioether (sulfide) groups is 1. The van der Waals surface area contributed by atoms with Gasteiger partial charge in [-0.25, -0.2) is 18.1 Å². The molecule has 2 amide bonds. The topological polar surface area (TPSA) is 114 Å². The van der Waals surface area contributed by atoms with Crippen molar-refractivity contribution in [2.45, 2.75) is 24.3 Å². The third-order valence-electron chi connectivity index (χ3n) is 3.87. The third kappa shape index (κ3) is 5.23. The maximum absolute atomic E-state index is 12.5. The van der Waals surface area contributed by atoms with Crippen molar-refractivity contribution in [1.29, 1.82) is 0 Å². The van der Waals surface area contributed by atoms with E-state index in [0.717, 1.165) is 24.9 Å². The van der Waals surface area contributed by atoms with Crippen molar-refractivity contribution in [2.24, 2.45) is 0 Å². The van der Waals surface area contributed by atoms with Gasteiger partial charge in [-0.1, -0.05) is 0 Å². The highest BCUT2D eigenvalue weighted by molar-refractivity contribution is 7.99. The van der Waals surface area contributed by atoms with E-state index in [4.69, 9.17) is 4.74 Å². The van der Waals surface area contributed by atoms with Crippen LogP contribution in [-0.2, 0) is 14.8 Å². The standard InChI is InChI=1S/C18H19N3O5S2/c1-12(22)21-28(24,25)16-4-2-14(3-5-16)20-18(23)13-6-8-19-17(10-13)26-15-7-9-27-11-15/h2-6,8,10,15H,7,9,11H2,1H3,(H,20,23)(H,21,22). The number of carbonyl (C=O) groups is 2. The van der Waals surface area contributed by atoms with E-state index in [1.54, 1.807) is 12.1 Å². The highest BCUT2D eigenvalue weighted by atomic mass is 32.2. The van der Waals surface area contributed by atoms with E-state index in [-0.39, 0.29) is 16.9 Å². The van der Waals surface area contributed by atoms with Gasteiger partial charge in [-0.05, 0) is 42.5 Å². The molecule has 1 unspecified atom stereocenters. The molecule has 0 saturated carbocycles. The molecule has 0 aliphatic carbocycles. The zero-order chi connectivity index (χ0) is 20.1. The minimum absolute atomic E-state index is 0.0743. The van der Waals surface area contributed by atoms with Gasteiger partial charge in [0.1, 0.15) is 6.10 Å². The van der Waals surface area contributed by atoms with Crippen LogP contribution in [0.1, 0.15) is 23.7 Å². The Hall–Kier alpha value is -2.59. The molecular formula is C18H19N3O5S2. The fraction of sp³-hybridized carbons (Fsp3) is 0.278. The number of aromatic nitrogens is 1. The molecule has 1 aromatic heterocycles. The Morgan fingerprint density at radius 3 is 2.61 bits per heavy atom. The average molecular weight is 422 g/mol. The summed E-state index contributed by atoms with van der Waals surface area (Å²) < 4.78 is 31.5. The molecule has 1 atom stereocenters. The van der Waals surface area contributed by atoms with Crippen molar-refractivity contribution < 1.29 is 22.7 Å². The molecule has 1 fully saturated rings. The zero-order valence-corrected chi connectivity index (χ0v) is 16.7. The summed E-state index contributed by atoms with van der Waals surface area (Å²) in [7, 11) is -3.91. The monoisotopic (exact) mass is 421 g/mol. The van der Waals surface area contributed by atoms with E-state index < -0.39 is 15.9 Å². The second-order valence-electron chi connectivity index (χ2n) is 6.13. The number of rotatable bonds is 6. The molecule has 0 bridgehead atoms. The van der Waals surface area contributed by atoms with Gasteiger partial charge in [0.15, 0.2) is 0 Å². The fourth-order valence-electron chi connectivity index (χ4n) is 2.56. The van der Waals surface area contributed by atoms with Crippen LogP contribution in [0.4, 0.5) is 5.69 Å². The summed E-state index contributed by atoms with van der Waals surface area (Å²) in [5, 5.41) is 2.69. The molecule has 0 radical (unpaired) electrons. The van der Waals surface area contributed by atoms with E-state index in [1.807, 2.05) is 16.5 Å². The van der Waals surface area contributed by atoms with Gasteiger partial charge in [0.25, 0.3) is 15.9 Å². The SMILES string of the molecule is CC(=O)NS(=O)(=O)c1ccc(NC(=O)c2ccnc(OC3CCSC3)c2)cc1. The van der Waals surface area contributed by atoms with Crippen molar-refractivity contribution in [3.8, 4) is 5.88 Å².